The Hall–Kier alpha value is -2.27. The molecule has 0 spiro atoms. The number of anilines is 1. The summed E-state index contributed by atoms with van der Waals surface area (Å²) in [6.45, 7) is 2.16. The van der Waals surface area contributed by atoms with Gasteiger partial charge in [-0.05, 0) is 43.2 Å². The Morgan fingerprint density at radius 1 is 1.06 bits per heavy atom. The van der Waals surface area contributed by atoms with Crippen LogP contribution in [0.4, 0.5) is 5.69 Å². The van der Waals surface area contributed by atoms with Crippen LogP contribution in [0.2, 0.25) is 0 Å². The highest BCUT2D eigenvalue weighted by molar-refractivity contribution is 5.47. The predicted molar refractivity (Wildman–Crippen MR) is 74.4 cm³/mol. The van der Waals surface area contributed by atoms with Crippen LogP contribution in [0.5, 0.6) is 0 Å². The van der Waals surface area contributed by atoms with Gasteiger partial charge >= 0.3 is 0 Å². The molecule has 2 rings (SSSR count). The molecule has 0 bridgehead atoms. The van der Waals surface area contributed by atoms with E-state index in [1.807, 2.05) is 30.3 Å². The van der Waals surface area contributed by atoms with Crippen LogP contribution in [0.3, 0.4) is 0 Å². The van der Waals surface area contributed by atoms with Crippen molar-refractivity contribution in [3.05, 3.63) is 65.7 Å². The van der Waals surface area contributed by atoms with Crippen molar-refractivity contribution < 1.29 is 0 Å². The Labute approximate surface area is 108 Å². The number of nitrogens with zero attached hydrogens (tertiary/aromatic N) is 1. The van der Waals surface area contributed by atoms with Gasteiger partial charge in [0.1, 0.15) is 0 Å². The first-order chi connectivity index (χ1) is 8.78. The van der Waals surface area contributed by atoms with Gasteiger partial charge in [0, 0.05) is 11.7 Å². The summed E-state index contributed by atoms with van der Waals surface area (Å²) in [6.07, 6.45) is 0.987. The van der Waals surface area contributed by atoms with Crippen LogP contribution in [0, 0.1) is 11.3 Å². The molecule has 0 aliphatic heterocycles. The summed E-state index contributed by atoms with van der Waals surface area (Å²) in [7, 11) is 0. The molecule has 0 saturated heterocycles. The molecule has 1 unspecified atom stereocenters. The van der Waals surface area contributed by atoms with Crippen molar-refractivity contribution in [1.29, 1.82) is 5.26 Å². The van der Waals surface area contributed by atoms with E-state index in [-0.39, 0.29) is 0 Å². The van der Waals surface area contributed by atoms with Crippen LogP contribution in [0.15, 0.2) is 54.6 Å². The Balaban J connectivity index is 1.95. The van der Waals surface area contributed by atoms with Crippen molar-refractivity contribution in [2.24, 2.45) is 0 Å². The molecular formula is C16H16N2. The minimum absolute atomic E-state index is 0.361. The molecule has 0 saturated carbocycles. The van der Waals surface area contributed by atoms with Crippen molar-refractivity contribution in [2.75, 3.05) is 5.32 Å². The van der Waals surface area contributed by atoms with Gasteiger partial charge in [-0.2, -0.15) is 5.26 Å². The van der Waals surface area contributed by atoms with Crippen LogP contribution < -0.4 is 5.32 Å². The zero-order chi connectivity index (χ0) is 12.8. The topological polar surface area (TPSA) is 35.8 Å². The Kier molecular flexibility index (Phi) is 3.98. The number of nitriles is 1. The molecule has 1 N–H and O–H groups in total. The van der Waals surface area contributed by atoms with Crippen LogP contribution in [0.25, 0.3) is 0 Å². The Morgan fingerprint density at radius 3 is 2.33 bits per heavy atom. The van der Waals surface area contributed by atoms with E-state index in [1.54, 1.807) is 0 Å². The lowest BCUT2D eigenvalue weighted by Crippen LogP contribution is -2.17. The van der Waals surface area contributed by atoms with Gasteiger partial charge in [-0.15, -0.1) is 0 Å². The Morgan fingerprint density at radius 2 is 1.72 bits per heavy atom. The lowest BCUT2D eigenvalue weighted by atomic mass is 10.1. The maximum Gasteiger partial charge on any atom is 0.0991 e. The van der Waals surface area contributed by atoms with Crippen molar-refractivity contribution >= 4 is 5.69 Å². The maximum absolute atomic E-state index is 8.73. The molecule has 1 atom stereocenters. The van der Waals surface area contributed by atoms with Gasteiger partial charge in [-0.3, -0.25) is 0 Å². The lowest BCUT2D eigenvalue weighted by molar-refractivity contribution is 0.790. The van der Waals surface area contributed by atoms with E-state index in [2.05, 4.69) is 42.6 Å². The number of nitrogens with one attached hydrogen (secondary N) is 1. The highest BCUT2D eigenvalue weighted by atomic mass is 14.9. The van der Waals surface area contributed by atoms with Crippen LogP contribution in [0.1, 0.15) is 18.1 Å². The number of hydrogen-bond donors (Lipinski definition) is 1. The fourth-order valence-electron chi connectivity index (χ4n) is 1.94. The first-order valence-electron chi connectivity index (χ1n) is 6.08. The molecule has 0 fully saturated rings. The van der Waals surface area contributed by atoms with E-state index >= 15 is 0 Å². The second-order valence-corrected chi connectivity index (χ2v) is 4.42. The maximum atomic E-state index is 8.73. The molecular weight excluding hydrogens is 220 g/mol. The summed E-state index contributed by atoms with van der Waals surface area (Å²) in [6, 6.07) is 20.5. The van der Waals surface area contributed by atoms with Gasteiger partial charge in [0.25, 0.3) is 0 Å². The molecule has 0 aromatic heterocycles. The van der Waals surface area contributed by atoms with E-state index in [0.717, 1.165) is 12.1 Å². The van der Waals surface area contributed by atoms with Crippen molar-refractivity contribution in [2.45, 2.75) is 19.4 Å². The first kappa shape index (κ1) is 12.2. The first-order valence-corrected chi connectivity index (χ1v) is 6.08. The zero-order valence-electron chi connectivity index (χ0n) is 10.4. The molecule has 0 heterocycles. The zero-order valence-corrected chi connectivity index (χ0v) is 10.4. The van der Waals surface area contributed by atoms with E-state index in [1.165, 1.54) is 5.56 Å². The molecule has 2 nitrogen and oxygen atoms in total. The summed E-state index contributed by atoms with van der Waals surface area (Å²) in [5, 5.41) is 12.2. The van der Waals surface area contributed by atoms with Gasteiger partial charge in [0.05, 0.1) is 11.6 Å². The summed E-state index contributed by atoms with van der Waals surface area (Å²) in [5.74, 6) is 0. The third kappa shape index (κ3) is 3.36. The standard InChI is InChI=1S/C16H16N2/c1-13(11-14-5-3-2-4-6-14)18-16-9-7-15(12-17)8-10-16/h2-10,13,18H,11H2,1H3. The SMILES string of the molecule is CC(Cc1ccccc1)Nc1ccc(C#N)cc1. The van der Waals surface area contributed by atoms with Gasteiger partial charge in [0.15, 0.2) is 0 Å². The van der Waals surface area contributed by atoms with Gasteiger partial charge < -0.3 is 5.32 Å². The summed E-state index contributed by atoms with van der Waals surface area (Å²) < 4.78 is 0. The third-order valence-electron chi connectivity index (χ3n) is 2.81. The van der Waals surface area contributed by atoms with E-state index in [4.69, 9.17) is 5.26 Å². The molecule has 2 heteroatoms. The van der Waals surface area contributed by atoms with Crippen LogP contribution in [-0.4, -0.2) is 6.04 Å². The fraction of sp³-hybridized carbons (Fsp3) is 0.188. The average Bonchev–Trinajstić information content (AvgIpc) is 2.40. The minimum Gasteiger partial charge on any atom is -0.382 e. The van der Waals surface area contributed by atoms with Gasteiger partial charge in [0.2, 0.25) is 0 Å². The average molecular weight is 236 g/mol. The third-order valence-corrected chi connectivity index (χ3v) is 2.81. The van der Waals surface area contributed by atoms with Crippen LogP contribution in [-0.2, 0) is 6.42 Å². The number of benzene rings is 2. The second-order valence-electron chi connectivity index (χ2n) is 4.42. The smallest absolute Gasteiger partial charge is 0.0991 e. The normalized spacial score (nSPS) is 11.6. The van der Waals surface area contributed by atoms with E-state index < -0.39 is 0 Å². The summed E-state index contributed by atoms with van der Waals surface area (Å²) in [5.41, 5.74) is 3.07. The lowest BCUT2D eigenvalue weighted by Gasteiger charge is -2.15. The summed E-state index contributed by atoms with van der Waals surface area (Å²) >= 11 is 0. The monoisotopic (exact) mass is 236 g/mol. The molecule has 0 amide bonds. The van der Waals surface area contributed by atoms with Crippen LogP contribution >= 0.6 is 0 Å². The number of hydrogen-bond acceptors (Lipinski definition) is 2. The van der Waals surface area contributed by atoms with Crippen molar-refractivity contribution in [3.63, 3.8) is 0 Å². The Bertz CT molecular complexity index is 523. The largest absolute Gasteiger partial charge is 0.382 e. The van der Waals surface area contributed by atoms with E-state index in [9.17, 15) is 0 Å². The quantitative estimate of drug-likeness (QED) is 0.880. The van der Waals surface area contributed by atoms with Crippen molar-refractivity contribution in [1.82, 2.24) is 0 Å². The van der Waals surface area contributed by atoms with Gasteiger partial charge in [-0.1, -0.05) is 30.3 Å². The molecule has 0 aliphatic rings. The molecule has 0 radical (unpaired) electrons. The fourth-order valence-corrected chi connectivity index (χ4v) is 1.94. The van der Waals surface area contributed by atoms with Gasteiger partial charge in [-0.25, -0.2) is 0 Å². The molecule has 0 aliphatic carbocycles. The second kappa shape index (κ2) is 5.88. The molecule has 18 heavy (non-hydrogen) atoms. The predicted octanol–water partition coefficient (Wildman–Crippen LogP) is 3.60. The summed E-state index contributed by atoms with van der Waals surface area (Å²) in [4.78, 5) is 0. The number of rotatable bonds is 4. The highest BCUT2D eigenvalue weighted by Crippen LogP contribution is 2.12. The molecule has 2 aromatic rings. The highest BCUT2D eigenvalue weighted by Gasteiger charge is 2.03. The molecule has 90 valence electrons. The van der Waals surface area contributed by atoms with E-state index in [0.29, 0.717) is 11.6 Å². The molecule has 2 aromatic carbocycles. The van der Waals surface area contributed by atoms with Crippen molar-refractivity contribution in [3.8, 4) is 6.07 Å². The minimum atomic E-state index is 0.361.